The summed E-state index contributed by atoms with van der Waals surface area (Å²) in [7, 11) is 4.98. The molecule has 0 aliphatic carbocycles. The summed E-state index contributed by atoms with van der Waals surface area (Å²) in [6, 6.07) is 23.6. The first kappa shape index (κ1) is 29.2. The molecule has 5 atom stereocenters. The number of benzene rings is 3. The van der Waals surface area contributed by atoms with Gasteiger partial charge in [-0.1, -0.05) is 36.4 Å². The maximum absolute atomic E-state index is 6.60. The van der Waals surface area contributed by atoms with Gasteiger partial charge >= 0.3 is 0 Å². The van der Waals surface area contributed by atoms with Crippen LogP contribution >= 0.6 is 11.8 Å². The monoisotopic (exact) mass is 554 g/mol. The summed E-state index contributed by atoms with van der Waals surface area (Å²) in [6.45, 7) is 3.27. The molecule has 0 bridgehead atoms. The molecule has 0 unspecified atom stereocenters. The Bertz CT molecular complexity index is 1120. The molecule has 0 saturated carbocycles. The molecule has 210 valence electrons. The lowest BCUT2D eigenvalue weighted by atomic mass is 9.99. The molecule has 3 aromatic carbocycles. The van der Waals surface area contributed by atoms with Crippen molar-refractivity contribution < 1.29 is 33.2 Å². The van der Waals surface area contributed by atoms with Crippen molar-refractivity contribution in [2.24, 2.45) is 0 Å². The van der Waals surface area contributed by atoms with E-state index < -0.39 is 0 Å². The standard InChI is InChI=1S/C31H38O7S/c1-21-28(35-18-22-6-12-25(32-2)13-7-22)29(36-19-23-8-14-26(33-3)15-9-23)30(31(38-21)39-5)37-20-24-10-16-27(34-4)17-11-24/h6-17,21,28-31H,18-20H2,1-5H3/t21-,28+,29+,30-,31+/m0/s1. The van der Waals surface area contributed by atoms with E-state index in [1.165, 1.54) is 0 Å². The molecule has 3 aromatic rings. The SMILES string of the molecule is COc1ccc(CO[C@@H]2[C@H](OCc3ccc(OC)cc3)[C@H](C)O[C@H](SC)[C@H]2OCc2ccc(OC)cc2)cc1. The molecule has 0 spiro atoms. The fourth-order valence-electron chi connectivity index (χ4n) is 4.50. The summed E-state index contributed by atoms with van der Waals surface area (Å²) < 4.78 is 41.9. The minimum atomic E-state index is -0.357. The van der Waals surface area contributed by atoms with E-state index in [2.05, 4.69) is 0 Å². The second-order valence-corrected chi connectivity index (χ2v) is 10.3. The third-order valence-electron chi connectivity index (χ3n) is 6.76. The van der Waals surface area contributed by atoms with Crippen molar-refractivity contribution in [3.05, 3.63) is 89.5 Å². The maximum atomic E-state index is 6.60. The average molecular weight is 555 g/mol. The lowest BCUT2D eigenvalue weighted by Crippen LogP contribution is -2.58. The van der Waals surface area contributed by atoms with Crippen LogP contribution < -0.4 is 14.2 Å². The molecule has 39 heavy (non-hydrogen) atoms. The van der Waals surface area contributed by atoms with Gasteiger partial charge in [0.15, 0.2) is 0 Å². The normalized spacial score (nSPS) is 22.8. The molecule has 0 radical (unpaired) electrons. The Morgan fingerprint density at radius 2 is 0.923 bits per heavy atom. The molecule has 0 aromatic heterocycles. The molecule has 1 aliphatic heterocycles. The van der Waals surface area contributed by atoms with Crippen LogP contribution in [0.15, 0.2) is 72.8 Å². The van der Waals surface area contributed by atoms with Crippen molar-refractivity contribution in [1.82, 2.24) is 0 Å². The van der Waals surface area contributed by atoms with E-state index in [-0.39, 0.29) is 29.9 Å². The van der Waals surface area contributed by atoms with Gasteiger partial charge in [0.25, 0.3) is 0 Å². The third-order valence-corrected chi connectivity index (χ3v) is 7.61. The molecule has 1 saturated heterocycles. The zero-order valence-corrected chi connectivity index (χ0v) is 24.0. The van der Waals surface area contributed by atoms with Gasteiger partial charge in [-0.3, -0.25) is 0 Å². The quantitative estimate of drug-likeness (QED) is 0.260. The van der Waals surface area contributed by atoms with E-state index in [0.717, 1.165) is 33.9 Å². The summed E-state index contributed by atoms with van der Waals surface area (Å²) in [5, 5.41) is 0. The van der Waals surface area contributed by atoms with Gasteiger partial charge in [0.2, 0.25) is 0 Å². The Balaban J connectivity index is 1.53. The van der Waals surface area contributed by atoms with Gasteiger partial charge in [-0.2, -0.15) is 0 Å². The summed E-state index contributed by atoms with van der Waals surface area (Å²) in [6.07, 6.45) is 0.791. The second-order valence-electron chi connectivity index (χ2n) is 9.32. The van der Waals surface area contributed by atoms with Crippen LogP contribution in [0.2, 0.25) is 0 Å². The van der Waals surface area contributed by atoms with Gasteiger partial charge in [0.1, 0.15) is 41.0 Å². The van der Waals surface area contributed by atoms with Crippen LogP contribution in [0.4, 0.5) is 0 Å². The Morgan fingerprint density at radius 3 is 1.28 bits per heavy atom. The first-order valence-electron chi connectivity index (χ1n) is 13.0. The highest BCUT2D eigenvalue weighted by molar-refractivity contribution is 7.99. The number of methoxy groups -OCH3 is 3. The first-order valence-corrected chi connectivity index (χ1v) is 14.2. The van der Waals surface area contributed by atoms with Gasteiger partial charge in [-0.25, -0.2) is 0 Å². The van der Waals surface area contributed by atoms with Crippen molar-refractivity contribution >= 4 is 11.8 Å². The van der Waals surface area contributed by atoms with Crippen LogP contribution in [-0.2, 0) is 38.8 Å². The van der Waals surface area contributed by atoms with Crippen LogP contribution in [0.1, 0.15) is 23.6 Å². The van der Waals surface area contributed by atoms with Crippen LogP contribution in [0, 0.1) is 0 Å². The molecule has 8 heteroatoms. The van der Waals surface area contributed by atoms with Crippen LogP contribution in [0.5, 0.6) is 17.2 Å². The van der Waals surface area contributed by atoms with E-state index in [1.807, 2.05) is 86.0 Å². The Kier molecular flexibility index (Phi) is 10.9. The Morgan fingerprint density at radius 1 is 0.564 bits per heavy atom. The van der Waals surface area contributed by atoms with Crippen LogP contribution in [-0.4, -0.2) is 57.4 Å². The highest BCUT2D eigenvalue weighted by Gasteiger charge is 2.46. The second kappa shape index (κ2) is 14.6. The number of hydrogen-bond donors (Lipinski definition) is 0. The highest BCUT2D eigenvalue weighted by Crippen LogP contribution is 2.34. The third kappa shape index (κ3) is 7.90. The Labute approximate surface area is 235 Å². The molecular weight excluding hydrogens is 516 g/mol. The van der Waals surface area contributed by atoms with Gasteiger partial charge in [-0.15, -0.1) is 11.8 Å². The minimum Gasteiger partial charge on any atom is -0.497 e. The average Bonchev–Trinajstić information content (AvgIpc) is 2.99. The van der Waals surface area contributed by atoms with Crippen molar-refractivity contribution in [3.8, 4) is 17.2 Å². The highest BCUT2D eigenvalue weighted by atomic mass is 32.2. The summed E-state index contributed by atoms with van der Waals surface area (Å²) in [4.78, 5) is 0. The maximum Gasteiger partial charge on any atom is 0.132 e. The fraction of sp³-hybridized carbons (Fsp3) is 0.419. The summed E-state index contributed by atoms with van der Waals surface area (Å²) in [5.41, 5.74) is 2.91. The zero-order valence-electron chi connectivity index (χ0n) is 23.2. The molecule has 7 nitrogen and oxygen atoms in total. The molecule has 1 heterocycles. The lowest BCUT2D eigenvalue weighted by molar-refractivity contribution is -0.242. The summed E-state index contributed by atoms with van der Waals surface area (Å²) >= 11 is 1.62. The van der Waals surface area contributed by atoms with Crippen molar-refractivity contribution in [3.63, 3.8) is 0 Å². The molecule has 1 aliphatic rings. The van der Waals surface area contributed by atoms with E-state index in [0.29, 0.717) is 19.8 Å². The van der Waals surface area contributed by atoms with E-state index in [1.54, 1.807) is 33.1 Å². The van der Waals surface area contributed by atoms with Crippen molar-refractivity contribution in [2.45, 2.75) is 56.6 Å². The summed E-state index contributed by atoms with van der Waals surface area (Å²) in [5.74, 6) is 2.43. The first-order chi connectivity index (χ1) is 19.0. The minimum absolute atomic E-state index is 0.192. The van der Waals surface area contributed by atoms with Gasteiger partial charge in [0.05, 0.1) is 47.3 Å². The van der Waals surface area contributed by atoms with Crippen LogP contribution in [0.3, 0.4) is 0 Å². The predicted octanol–water partition coefficient (Wildman–Crippen LogP) is 5.88. The molecule has 4 rings (SSSR count). The van der Waals surface area contributed by atoms with E-state index in [9.17, 15) is 0 Å². The van der Waals surface area contributed by atoms with Crippen molar-refractivity contribution in [1.29, 1.82) is 0 Å². The van der Waals surface area contributed by atoms with Gasteiger partial charge in [0, 0.05) is 0 Å². The molecule has 0 amide bonds. The van der Waals surface area contributed by atoms with Gasteiger partial charge in [-0.05, 0) is 66.3 Å². The number of ether oxygens (including phenoxy) is 7. The molecule has 0 N–H and O–H groups in total. The van der Waals surface area contributed by atoms with Gasteiger partial charge < -0.3 is 33.2 Å². The molecular formula is C31H38O7S. The lowest BCUT2D eigenvalue weighted by Gasteiger charge is -2.45. The van der Waals surface area contributed by atoms with E-state index >= 15 is 0 Å². The van der Waals surface area contributed by atoms with E-state index in [4.69, 9.17) is 33.2 Å². The largest absolute Gasteiger partial charge is 0.497 e. The topological polar surface area (TPSA) is 64.6 Å². The fourth-order valence-corrected chi connectivity index (χ4v) is 5.29. The number of rotatable bonds is 13. The molecule has 1 fully saturated rings. The van der Waals surface area contributed by atoms with Crippen LogP contribution in [0.25, 0.3) is 0 Å². The number of thioether (sulfide) groups is 1. The van der Waals surface area contributed by atoms with Crippen molar-refractivity contribution in [2.75, 3.05) is 27.6 Å². The zero-order chi connectivity index (χ0) is 27.6. The smallest absolute Gasteiger partial charge is 0.132 e. The Hall–Kier alpha value is -2.75. The predicted molar refractivity (Wildman–Crippen MR) is 153 cm³/mol. The number of hydrogen-bond acceptors (Lipinski definition) is 8.